The van der Waals surface area contributed by atoms with Gasteiger partial charge in [0.2, 0.25) is 11.8 Å². The number of fused-ring (bicyclic) bond motifs is 1. The maximum absolute atomic E-state index is 12.6. The van der Waals surface area contributed by atoms with Gasteiger partial charge in [-0.05, 0) is 36.1 Å². The van der Waals surface area contributed by atoms with Gasteiger partial charge in [0.25, 0.3) is 0 Å². The van der Waals surface area contributed by atoms with Gasteiger partial charge in [0.1, 0.15) is 0 Å². The van der Waals surface area contributed by atoms with E-state index in [4.69, 9.17) is 5.73 Å². The molecule has 1 aliphatic rings. The van der Waals surface area contributed by atoms with Crippen LogP contribution in [-0.2, 0) is 16.0 Å². The van der Waals surface area contributed by atoms with Crippen LogP contribution in [0.25, 0.3) is 0 Å². The molecule has 0 aliphatic carbocycles. The number of carbonyl (C=O) groups is 2. The van der Waals surface area contributed by atoms with Gasteiger partial charge >= 0.3 is 0 Å². The Kier molecular flexibility index (Phi) is 6.99. The highest BCUT2D eigenvalue weighted by Gasteiger charge is 2.24. The lowest BCUT2D eigenvalue weighted by Crippen LogP contribution is -2.37. The number of rotatable bonds is 5. The predicted octanol–water partition coefficient (Wildman–Crippen LogP) is 3.51. The molecule has 3 atom stereocenters. The van der Waals surface area contributed by atoms with Crippen LogP contribution in [0.3, 0.4) is 0 Å². The van der Waals surface area contributed by atoms with Gasteiger partial charge in [0.15, 0.2) is 0 Å². The molecule has 0 saturated heterocycles. The molecule has 144 valence electrons. The molecular weight excluding hydrogens is 362 g/mol. The summed E-state index contributed by atoms with van der Waals surface area (Å²) in [6.45, 7) is 3.81. The van der Waals surface area contributed by atoms with Crippen LogP contribution in [0.1, 0.15) is 49.0 Å². The van der Waals surface area contributed by atoms with Crippen LogP contribution in [0.15, 0.2) is 48.5 Å². The summed E-state index contributed by atoms with van der Waals surface area (Å²) >= 11 is 0. The van der Waals surface area contributed by atoms with Crippen molar-refractivity contribution in [2.45, 2.75) is 38.8 Å². The van der Waals surface area contributed by atoms with E-state index >= 15 is 0 Å². The predicted molar refractivity (Wildman–Crippen MR) is 110 cm³/mol. The summed E-state index contributed by atoms with van der Waals surface area (Å²) in [5.41, 5.74) is 10.2. The number of nitrogens with one attached hydrogen (secondary N) is 2. The molecule has 1 heterocycles. The molecule has 0 radical (unpaired) electrons. The first-order valence-electron chi connectivity index (χ1n) is 8.99. The largest absolute Gasteiger partial charge is 0.349 e. The van der Waals surface area contributed by atoms with Crippen LogP contribution in [0.2, 0.25) is 0 Å². The standard InChI is InChI=1S/C21H25N3O2.ClH/c1-13(20(22)15-6-4-3-5-7-15)21(26)23-14(2)16-8-10-18-17(12-16)9-11-19(25)24-18;/h3-8,10,12-14,20H,9,11,22H2,1-2H3,(H,23,26)(H,24,25);1H. The smallest absolute Gasteiger partial charge is 0.225 e. The summed E-state index contributed by atoms with van der Waals surface area (Å²) < 4.78 is 0. The van der Waals surface area contributed by atoms with E-state index in [0.717, 1.165) is 28.8 Å². The fourth-order valence-corrected chi connectivity index (χ4v) is 3.23. The van der Waals surface area contributed by atoms with E-state index in [1.54, 1.807) is 0 Å². The Morgan fingerprint density at radius 2 is 1.78 bits per heavy atom. The van der Waals surface area contributed by atoms with Crippen molar-refractivity contribution in [2.24, 2.45) is 11.7 Å². The second-order valence-corrected chi connectivity index (χ2v) is 6.92. The highest BCUT2D eigenvalue weighted by molar-refractivity contribution is 5.93. The van der Waals surface area contributed by atoms with Crippen molar-refractivity contribution in [3.8, 4) is 0 Å². The molecule has 2 aromatic rings. The zero-order valence-electron chi connectivity index (χ0n) is 15.6. The molecule has 0 saturated carbocycles. The zero-order chi connectivity index (χ0) is 18.7. The van der Waals surface area contributed by atoms with Crippen LogP contribution in [0.4, 0.5) is 5.69 Å². The van der Waals surface area contributed by atoms with E-state index < -0.39 is 0 Å². The molecule has 6 heteroatoms. The Balaban J connectivity index is 0.00000261. The molecule has 0 bridgehead atoms. The molecule has 3 unspecified atom stereocenters. The van der Waals surface area contributed by atoms with E-state index in [-0.39, 0.29) is 42.2 Å². The van der Waals surface area contributed by atoms with Gasteiger partial charge in [-0.1, -0.05) is 49.4 Å². The second-order valence-electron chi connectivity index (χ2n) is 6.92. The number of hydrogen-bond donors (Lipinski definition) is 3. The Morgan fingerprint density at radius 1 is 1.07 bits per heavy atom. The van der Waals surface area contributed by atoms with Gasteiger partial charge in [-0.25, -0.2) is 0 Å². The summed E-state index contributed by atoms with van der Waals surface area (Å²) in [6.07, 6.45) is 1.23. The van der Waals surface area contributed by atoms with Gasteiger partial charge in [0, 0.05) is 18.2 Å². The van der Waals surface area contributed by atoms with Crippen molar-refractivity contribution in [2.75, 3.05) is 5.32 Å². The molecule has 27 heavy (non-hydrogen) atoms. The average Bonchev–Trinajstić information content (AvgIpc) is 2.66. The van der Waals surface area contributed by atoms with Gasteiger partial charge in [-0.2, -0.15) is 0 Å². The monoisotopic (exact) mass is 387 g/mol. The molecule has 1 aliphatic heterocycles. The van der Waals surface area contributed by atoms with Crippen LogP contribution >= 0.6 is 12.4 Å². The van der Waals surface area contributed by atoms with Crippen molar-refractivity contribution in [3.05, 3.63) is 65.2 Å². The molecule has 2 aromatic carbocycles. The molecule has 5 nitrogen and oxygen atoms in total. The Bertz CT molecular complexity index is 810. The van der Waals surface area contributed by atoms with E-state index in [0.29, 0.717) is 6.42 Å². The maximum Gasteiger partial charge on any atom is 0.225 e. The van der Waals surface area contributed by atoms with E-state index in [1.807, 2.05) is 56.3 Å². The van der Waals surface area contributed by atoms with Crippen LogP contribution < -0.4 is 16.4 Å². The zero-order valence-corrected chi connectivity index (χ0v) is 16.4. The Labute approximate surface area is 166 Å². The van der Waals surface area contributed by atoms with Gasteiger partial charge in [-0.15, -0.1) is 12.4 Å². The third-order valence-corrected chi connectivity index (χ3v) is 5.02. The number of benzene rings is 2. The Morgan fingerprint density at radius 3 is 2.48 bits per heavy atom. The molecule has 0 fully saturated rings. The third-order valence-electron chi connectivity index (χ3n) is 5.02. The molecule has 0 aromatic heterocycles. The molecule has 4 N–H and O–H groups in total. The van der Waals surface area contributed by atoms with Gasteiger partial charge in [0.05, 0.1) is 12.0 Å². The number of nitrogens with two attached hydrogens (primary N) is 1. The minimum absolute atomic E-state index is 0. The first kappa shape index (κ1) is 20.9. The van der Waals surface area contributed by atoms with E-state index in [1.165, 1.54) is 0 Å². The summed E-state index contributed by atoms with van der Waals surface area (Å²) in [7, 11) is 0. The van der Waals surface area contributed by atoms with Crippen molar-refractivity contribution < 1.29 is 9.59 Å². The summed E-state index contributed by atoms with van der Waals surface area (Å²) in [5.74, 6) is -0.355. The number of hydrogen-bond acceptors (Lipinski definition) is 3. The molecule has 2 amide bonds. The normalized spacial score (nSPS) is 16.2. The number of anilines is 1. The average molecular weight is 388 g/mol. The van der Waals surface area contributed by atoms with Crippen molar-refractivity contribution in [1.82, 2.24) is 5.32 Å². The van der Waals surface area contributed by atoms with Crippen molar-refractivity contribution in [1.29, 1.82) is 0 Å². The maximum atomic E-state index is 12.6. The van der Waals surface area contributed by atoms with Crippen LogP contribution in [0, 0.1) is 5.92 Å². The quantitative estimate of drug-likeness (QED) is 0.734. The SMILES string of the molecule is CC(NC(=O)C(C)C(N)c1ccccc1)c1ccc2c(c1)CCC(=O)N2.Cl. The Hall–Kier alpha value is -2.37. The lowest BCUT2D eigenvalue weighted by molar-refractivity contribution is -0.125. The first-order valence-corrected chi connectivity index (χ1v) is 8.99. The van der Waals surface area contributed by atoms with E-state index in [2.05, 4.69) is 16.7 Å². The van der Waals surface area contributed by atoms with Crippen molar-refractivity contribution in [3.63, 3.8) is 0 Å². The van der Waals surface area contributed by atoms with Gasteiger partial charge in [-0.3, -0.25) is 9.59 Å². The highest BCUT2D eigenvalue weighted by atomic mass is 35.5. The van der Waals surface area contributed by atoms with Gasteiger partial charge < -0.3 is 16.4 Å². The lowest BCUT2D eigenvalue weighted by Gasteiger charge is -2.24. The number of halogens is 1. The fourth-order valence-electron chi connectivity index (χ4n) is 3.23. The number of carbonyl (C=O) groups excluding carboxylic acids is 2. The highest BCUT2D eigenvalue weighted by Crippen LogP contribution is 2.27. The second kappa shape index (κ2) is 9.02. The lowest BCUT2D eigenvalue weighted by atomic mass is 9.93. The summed E-state index contributed by atoms with van der Waals surface area (Å²) in [4.78, 5) is 24.1. The number of amides is 2. The van der Waals surface area contributed by atoms with Crippen molar-refractivity contribution >= 4 is 29.9 Å². The molecular formula is C21H26ClN3O2. The minimum Gasteiger partial charge on any atom is -0.349 e. The summed E-state index contributed by atoms with van der Waals surface area (Å²) in [6, 6.07) is 15.1. The molecule has 3 rings (SSSR count). The van der Waals surface area contributed by atoms with Crippen LogP contribution in [-0.4, -0.2) is 11.8 Å². The number of aryl methyl sites for hydroxylation is 1. The summed E-state index contributed by atoms with van der Waals surface area (Å²) in [5, 5.41) is 5.93. The van der Waals surface area contributed by atoms with Crippen LogP contribution in [0.5, 0.6) is 0 Å². The third kappa shape index (κ3) is 4.87. The minimum atomic E-state index is -0.345. The first-order chi connectivity index (χ1) is 12.5. The fraction of sp³-hybridized carbons (Fsp3) is 0.333. The topological polar surface area (TPSA) is 84.2 Å². The van der Waals surface area contributed by atoms with E-state index in [9.17, 15) is 9.59 Å². The molecule has 0 spiro atoms.